The normalized spacial score (nSPS) is 16.6. The smallest absolute Gasteiger partial charge is 0.0561 e. The first-order valence-corrected chi connectivity index (χ1v) is 4.89. The van der Waals surface area contributed by atoms with Crippen LogP contribution in [0.15, 0.2) is 24.6 Å². The van der Waals surface area contributed by atoms with Crippen LogP contribution in [0, 0.1) is 0 Å². The molecule has 1 unspecified atom stereocenters. The first kappa shape index (κ1) is 12.1. The van der Waals surface area contributed by atoms with E-state index in [1.54, 1.807) is 6.20 Å². The summed E-state index contributed by atoms with van der Waals surface area (Å²) in [5, 5.41) is 0. The highest BCUT2D eigenvalue weighted by molar-refractivity contribution is 5.05. The van der Waals surface area contributed by atoms with Crippen molar-refractivity contribution < 1.29 is 0 Å². The van der Waals surface area contributed by atoms with Gasteiger partial charge in [-0.1, -0.05) is 19.9 Å². The Morgan fingerprint density at radius 2 is 2.00 bits per heavy atom. The molecule has 0 aromatic rings. The van der Waals surface area contributed by atoms with Gasteiger partial charge in [-0.05, 0) is 38.2 Å². The van der Waals surface area contributed by atoms with Gasteiger partial charge in [0, 0.05) is 7.05 Å². The number of hydrogen-bond acceptors (Lipinski definition) is 2. The fourth-order valence-corrected chi connectivity index (χ4v) is 1.13. The van der Waals surface area contributed by atoms with E-state index in [1.807, 2.05) is 6.08 Å². The van der Waals surface area contributed by atoms with Crippen LogP contribution in [0.5, 0.6) is 0 Å². The molecule has 0 aromatic carbocycles. The molecule has 0 spiro atoms. The van der Waals surface area contributed by atoms with Gasteiger partial charge in [-0.25, -0.2) is 0 Å². The maximum Gasteiger partial charge on any atom is 0.0561 e. The van der Waals surface area contributed by atoms with Crippen molar-refractivity contribution in [3.8, 4) is 0 Å². The fraction of sp³-hybridized carbons (Fsp3) is 0.636. The minimum atomic E-state index is 0.0421. The summed E-state index contributed by atoms with van der Waals surface area (Å²) in [6.07, 6.45) is 10.0. The highest BCUT2D eigenvalue weighted by Crippen LogP contribution is 2.19. The first-order valence-electron chi connectivity index (χ1n) is 4.89. The standard InChI is InChI=1S/C11H22N2/c1-5-7-10-13(4)11(3,6-2)8-9-12/h7-10H,5-6,12H2,1-4H3/b9-8-,10-7-. The molecule has 0 rings (SSSR count). The van der Waals surface area contributed by atoms with E-state index < -0.39 is 0 Å². The molecule has 2 N–H and O–H groups in total. The Bertz CT molecular complexity index is 185. The highest BCUT2D eigenvalue weighted by Gasteiger charge is 2.20. The van der Waals surface area contributed by atoms with E-state index in [-0.39, 0.29) is 5.54 Å². The predicted molar refractivity (Wildman–Crippen MR) is 59.2 cm³/mol. The Morgan fingerprint density at radius 1 is 1.38 bits per heavy atom. The Kier molecular flexibility index (Phi) is 5.28. The summed E-state index contributed by atoms with van der Waals surface area (Å²) in [6, 6.07) is 0. The molecule has 0 radical (unpaired) electrons. The van der Waals surface area contributed by atoms with Crippen LogP contribution >= 0.6 is 0 Å². The maximum atomic E-state index is 5.43. The molecule has 0 aliphatic carbocycles. The van der Waals surface area contributed by atoms with Crippen LogP contribution in [0.3, 0.4) is 0 Å². The first-order chi connectivity index (χ1) is 6.10. The van der Waals surface area contributed by atoms with Crippen LogP contribution in [0.4, 0.5) is 0 Å². The van der Waals surface area contributed by atoms with Gasteiger partial charge >= 0.3 is 0 Å². The highest BCUT2D eigenvalue weighted by atomic mass is 15.1. The van der Waals surface area contributed by atoms with E-state index in [0.29, 0.717) is 0 Å². The van der Waals surface area contributed by atoms with Gasteiger partial charge in [-0.2, -0.15) is 0 Å². The topological polar surface area (TPSA) is 29.3 Å². The minimum absolute atomic E-state index is 0.0421. The zero-order valence-electron chi connectivity index (χ0n) is 9.25. The lowest BCUT2D eigenvalue weighted by Crippen LogP contribution is -2.38. The van der Waals surface area contributed by atoms with Crippen LogP contribution in [-0.4, -0.2) is 17.5 Å². The van der Waals surface area contributed by atoms with Crippen molar-refractivity contribution in [3.63, 3.8) is 0 Å². The molecule has 0 fully saturated rings. The molecule has 2 nitrogen and oxygen atoms in total. The second kappa shape index (κ2) is 5.68. The van der Waals surface area contributed by atoms with Gasteiger partial charge in [0.15, 0.2) is 0 Å². The molecule has 0 aliphatic heterocycles. The van der Waals surface area contributed by atoms with Crippen LogP contribution in [0.25, 0.3) is 0 Å². The Labute approximate surface area is 82.1 Å². The minimum Gasteiger partial charge on any atom is -0.405 e. The molecular formula is C11H22N2. The van der Waals surface area contributed by atoms with Gasteiger partial charge in [0.25, 0.3) is 0 Å². The number of nitrogens with zero attached hydrogens (tertiary/aromatic N) is 1. The zero-order valence-corrected chi connectivity index (χ0v) is 9.25. The molecule has 0 amide bonds. The lowest BCUT2D eigenvalue weighted by molar-refractivity contribution is 0.252. The average molecular weight is 182 g/mol. The fourth-order valence-electron chi connectivity index (χ4n) is 1.13. The Morgan fingerprint density at radius 3 is 2.38 bits per heavy atom. The molecule has 0 aliphatic rings. The largest absolute Gasteiger partial charge is 0.405 e. The van der Waals surface area contributed by atoms with Crippen molar-refractivity contribution in [1.82, 2.24) is 4.90 Å². The second-order valence-corrected chi connectivity index (χ2v) is 3.47. The molecule has 0 aromatic heterocycles. The van der Waals surface area contributed by atoms with Crippen LogP contribution in [0.1, 0.15) is 33.6 Å². The number of nitrogens with two attached hydrogens (primary N) is 1. The SMILES string of the molecule is CC/C=C\N(C)C(C)(/C=C\N)CC. The van der Waals surface area contributed by atoms with Crippen LogP contribution in [0.2, 0.25) is 0 Å². The summed E-state index contributed by atoms with van der Waals surface area (Å²) < 4.78 is 0. The molecule has 0 saturated heterocycles. The van der Waals surface area contributed by atoms with Gasteiger partial charge in [0.1, 0.15) is 0 Å². The summed E-state index contributed by atoms with van der Waals surface area (Å²) in [7, 11) is 2.08. The molecule has 1 atom stereocenters. The van der Waals surface area contributed by atoms with Crippen molar-refractivity contribution in [2.75, 3.05) is 7.05 Å². The van der Waals surface area contributed by atoms with E-state index in [2.05, 4.69) is 45.0 Å². The van der Waals surface area contributed by atoms with Gasteiger partial charge in [0.05, 0.1) is 5.54 Å². The summed E-state index contributed by atoms with van der Waals surface area (Å²) in [6.45, 7) is 6.47. The third-order valence-corrected chi connectivity index (χ3v) is 2.54. The van der Waals surface area contributed by atoms with Crippen molar-refractivity contribution in [1.29, 1.82) is 0 Å². The quantitative estimate of drug-likeness (QED) is 0.707. The van der Waals surface area contributed by atoms with E-state index in [4.69, 9.17) is 5.73 Å². The molecule has 0 heterocycles. The van der Waals surface area contributed by atoms with E-state index in [9.17, 15) is 0 Å². The Balaban J connectivity index is 4.46. The lowest BCUT2D eigenvalue weighted by atomic mass is 9.97. The summed E-state index contributed by atoms with van der Waals surface area (Å²) >= 11 is 0. The summed E-state index contributed by atoms with van der Waals surface area (Å²) in [5.74, 6) is 0. The zero-order chi connectivity index (χ0) is 10.3. The predicted octanol–water partition coefficient (Wildman–Crippen LogP) is 2.48. The van der Waals surface area contributed by atoms with Gasteiger partial charge in [0.2, 0.25) is 0 Å². The van der Waals surface area contributed by atoms with Crippen molar-refractivity contribution >= 4 is 0 Å². The lowest BCUT2D eigenvalue weighted by Gasteiger charge is -2.34. The number of rotatable bonds is 5. The molecule has 2 heteroatoms. The number of allylic oxidation sites excluding steroid dienone is 1. The van der Waals surface area contributed by atoms with Crippen LogP contribution < -0.4 is 5.73 Å². The van der Waals surface area contributed by atoms with Gasteiger partial charge in [-0.3, -0.25) is 0 Å². The summed E-state index contributed by atoms with van der Waals surface area (Å²) in [5.41, 5.74) is 5.47. The molecule has 0 saturated carbocycles. The molecule has 0 bridgehead atoms. The second-order valence-electron chi connectivity index (χ2n) is 3.47. The average Bonchev–Trinajstić information content (AvgIpc) is 2.14. The van der Waals surface area contributed by atoms with Crippen molar-refractivity contribution in [2.45, 2.75) is 39.2 Å². The molecular weight excluding hydrogens is 160 g/mol. The molecule has 76 valence electrons. The van der Waals surface area contributed by atoms with E-state index in [1.165, 1.54) is 0 Å². The third-order valence-electron chi connectivity index (χ3n) is 2.54. The van der Waals surface area contributed by atoms with Crippen molar-refractivity contribution in [3.05, 3.63) is 24.6 Å². The van der Waals surface area contributed by atoms with Gasteiger partial charge in [-0.15, -0.1) is 0 Å². The number of hydrogen-bond donors (Lipinski definition) is 1. The maximum absolute atomic E-state index is 5.43. The number of likely N-dealkylation sites (N-methyl/N-ethyl adjacent to an activating group) is 1. The van der Waals surface area contributed by atoms with E-state index in [0.717, 1.165) is 12.8 Å². The summed E-state index contributed by atoms with van der Waals surface area (Å²) in [4.78, 5) is 2.19. The van der Waals surface area contributed by atoms with Crippen molar-refractivity contribution in [2.24, 2.45) is 5.73 Å². The van der Waals surface area contributed by atoms with Gasteiger partial charge < -0.3 is 10.6 Å². The molecule has 13 heavy (non-hydrogen) atoms. The van der Waals surface area contributed by atoms with E-state index >= 15 is 0 Å². The monoisotopic (exact) mass is 182 g/mol. The third kappa shape index (κ3) is 3.53. The van der Waals surface area contributed by atoms with Crippen LogP contribution in [-0.2, 0) is 0 Å². The Hall–Kier alpha value is -0.920.